The van der Waals surface area contributed by atoms with Gasteiger partial charge in [-0.3, -0.25) is 0 Å². The first-order chi connectivity index (χ1) is 10.3. The van der Waals surface area contributed by atoms with Gasteiger partial charge >= 0.3 is 0 Å². The van der Waals surface area contributed by atoms with E-state index in [1.165, 1.54) is 64.2 Å². The van der Waals surface area contributed by atoms with E-state index in [0.29, 0.717) is 6.54 Å². The van der Waals surface area contributed by atoms with Gasteiger partial charge in [-0.05, 0) is 35.4 Å². The molecule has 0 saturated carbocycles. The fraction of sp³-hybridized carbons (Fsp3) is 0.778. The maximum atomic E-state index is 9.91. The second kappa shape index (κ2) is 13.3. The molecule has 1 atom stereocenters. The molecule has 0 aromatic carbocycles. The van der Waals surface area contributed by atoms with Crippen molar-refractivity contribution in [2.24, 2.45) is 0 Å². The minimum Gasteiger partial charge on any atom is -0.387 e. The Balaban J connectivity index is 1.78. The number of hydrogen-bond donors (Lipinski definition) is 2. The molecule has 0 radical (unpaired) electrons. The van der Waals surface area contributed by atoms with Crippen LogP contribution in [0, 0.1) is 0 Å². The maximum Gasteiger partial charge on any atom is 0.0922 e. The van der Waals surface area contributed by atoms with Crippen LogP contribution in [-0.2, 0) is 0 Å². The van der Waals surface area contributed by atoms with Gasteiger partial charge in [0.2, 0.25) is 0 Å². The van der Waals surface area contributed by atoms with Gasteiger partial charge in [0.05, 0.1) is 6.10 Å². The van der Waals surface area contributed by atoms with Crippen molar-refractivity contribution in [3.05, 3.63) is 22.4 Å². The highest BCUT2D eigenvalue weighted by atomic mass is 32.1. The molecule has 122 valence electrons. The van der Waals surface area contributed by atoms with E-state index in [9.17, 15) is 5.11 Å². The molecule has 1 heterocycles. The van der Waals surface area contributed by atoms with E-state index < -0.39 is 0 Å². The molecule has 0 bridgehead atoms. The second-order valence-corrected chi connectivity index (χ2v) is 6.74. The lowest BCUT2D eigenvalue weighted by atomic mass is 10.1. The normalized spacial score (nSPS) is 12.7. The van der Waals surface area contributed by atoms with Crippen LogP contribution >= 0.6 is 11.3 Å². The molecule has 0 aliphatic rings. The van der Waals surface area contributed by atoms with E-state index in [0.717, 1.165) is 12.1 Å². The molecule has 2 N–H and O–H groups in total. The first-order valence-electron chi connectivity index (χ1n) is 8.75. The van der Waals surface area contributed by atoms with Gasteiger partial charge < -0.3 is 10.4 Å². The van der Waals surface area contributed by atoms with E-state index >= 15 is 0 Å². The Bertz CT molecular complexity index is 313. The number of nitrogens with one attached hydrogen (secondary N) is 1. The minimum absolute atomic E-state index is 0.348. The predicted octanol–water partition coefficient (Wildman–Crippen LogP) is 5.29. The smallest absolute Gasteiger partial charge is 0.0922 e. The Hall–Kier alpha value is -0.380. The van der Waals surface area contributed by atoms with Crippen LogP contribution in [0.15, 0.2) is 16.8 Å². The monoisotopic (exact) mass is 311 g/mol. The predicted molar refractivity (Wildman–Crippen MR) is 94.0 cm³/mol. The molecule has 0 fully saturated rings. The highest BCUT2D eigenvalue weighted by Crippen LogP contribution is 2.15. The average Bonchev–Trinajstić information content (AvgIpc) is 3.02. The van der Waals surface area contributed by atoms with Crippen LogP contribution in [0.2, 0.25) is 0 Å². The highest BCUT2D eigenvalue weighted by molar-refractivity contribution is 7.07. The fourth-order valence-electron chi connectivity index (χ4n) is 2.56. The third kappa shape index (κ3) is 10.0. The van der Waals surface area contributed by atoms with Gasteiger partial charge in [0.25, 0.3) is 0 Å². The Labute approximate surface area is 135 Å². The largest absolute Gasteiger partial charge is 0.387 e. The van der Waals surface area contributed by atoms with Gasteiger partial charge in [0.1, 0.15) is 0 Å². The fourth-order valence-corrected chi connectivity index (χ4v) is 3.27. The zero-order chi connectivity index (χ0) is 15.2. The van der Waals surface area contributed by atoms with Crippen molar-refractivity contribution in [3.8, 4) is 0 Å². The maximum absolute atomic E-state index is 9.91. The number of rotatable bonds is 14. The van der Waals surface area contributed by atoms with E-state index in [1.807, 2.05) is 16.8 Å². The van der Waals surface area contributed by atoms with Crippen molar-refractivity contribution in [2.45, 2.75) is 77.2 Å². The summed E-state index contributed by atoms with van der Waals surface area (Å²) in [4.78, 5) is 0. The first-order valence-corrected chi connectivity index (χ1v) is 9.69. The highest BCUT2D eigenvalue weighted by Gasteiger charge is 2.06. The van der Waals surface area contributed by atoms with Gasteiger partial charge in [-0.25, -0.2) is 0 Å². The summed E-state index contributed by atoms with van der Waals surface area (Å²) in [6, 6.07) is 2.00. The molecule has 3 heteroatoms. The molecule has 0 aliphatic carbocycles. The summed E-state index contributed by atoms with van der Waals surface area (Å²) >= 11 is 1.64. The molecule has 2 nitrogen and oxygen atoms in total. The summed E-state index contributed by atoms with van der Waals surface area (Å²) in [5.41, 5.74) is 1.04. The standard InChI is InChI=1S/C18H33NOS/c1-2-3-4-5-6-7-8-9-10-11-13-19-15-18(20)17-12-14-21-16-17/h12,14,16,18-20H,2-11,13,15H2,1H3. The van der Waals surface area contributed by atoms with Gasteiger partial charge in [0.15, 0.2) is 0 Å². The molecule has 0 saturated heterocycles. The van der Waals surface area contributed by atoms with Gasteiger partial charge in [-0.2, -0.15) is 11.3 Å². The van der Waals surface area contributed by atoms with Crippen LogP contribution in [0.4, 0.5) is 0 Å². The molecule has 1 aromatic heterocycles. The topological polar surface area (TPSA) is 32.3 Å². The molecule has 0 spiro atoms. The average molecular weight is 312 g/mol. The van der Waals surface area contributed by atoms with Crippen LogP contribution in [0.1, 0.15) is 82.8 Å². The second-order valence-electron chi connectivity index (χ2n) is 5.96. The molecule has 0 aliphatic heterocycles. The number of aliphatic hydroxyl groups excluding tert-OH is 1. The van der Waals surface area contributed by atoms with Crippen molar-refractivity contribution in [2.75, 3.05) is 13.1 Å². The van der Waals surface area contributed by atoms with Gasteiger partial charge in [0, 0.05) is 6.54 Å². The van der Waals surface area contributed by atoms with Crippen LogP contribution in [0.5, 0.6) is 0 Å². The van der Waals surface area contributed by atoms with E-state index in [-0.39, 0.29) is 6.10 Å². The summed E-state index contributed by atoms with van der Waals surface area (Å²) in [7, 11) is 0. The van der Waals surface area contributed by atoms with Gasteiger partial charge in [-0.15, -0.1) is 0 Å². The van der Waals surface area contributed by atoms with Crippen molar-refractivity contribution in [1.82, 2.24) is 5.32 Å². The van der Waals surface area contributed by atoms with Crippen LogP contribution < -0.4 is 5.32 Å². The number of thiophene rings is 1. The Morgan fingerprint density at radius 2 is 1.62 bits per heavy atom. The molecule has 1 rings (SSSR count). The lowest BCUT2D eigenvalue weighted by Crippen LogP contribution is -2.22. The van der Waals surface area contributed by atoms with E-state index in [4.69, 9.17) is 0 Å². The molecule has 21 heavy (non-hydrogen) atoms. The summed E-state index contributed by atoms with van der Waals surface area (Å²) in [5.74, 6) is 0. The third-order valence-corrected chi connectivity index (χ3v) is 4.67. The lowest BCUT2D eigenvalue weighted by molar-refractivity contribution is 0.175. The summed E-state index contributed by atoms with van der Waals surface area (Å²) in [6.45, 7) is 3.97. The molecule has 1 unspecified atom stereocenters. The summed E-state index contributed by atoms with van der Waals surface area (Å²) in [5, 5.41) is 17.3. The molecular weight excluding hydrogens is 278 g/mol. The van der Waals surface area contributed by atoms with Gasteiger partial charge in [-0.1, -0.05) is 64.7 Å². The quantitative estimate of drug-likeness (QED) is 0.457. The molecular formula is C18H33NOS. The third-order valence-electron chi connectivity index (χ3n) is 3.97. The van der Waals surface area contributed by atoms with Crippen LogP contribution in [0.3, 0.4) is 0 Å². The van der Waals surface area contributed by atoms with Crippen molar-refractivity contribution in [1.29, 1.82) is 0 Å². The Morgan fingerprint density at radius 1 is 1.00 bits per heavy atom. The first kappa shape index (κ1) is 18.7. The van der Waals surface area contributed by atoms with E-state index in [1.54, 1.807) is 11.3 Å². The van der Waals surface area contributed by atoms with Crippen molar-refractivity contribution in [3.63, 3.8) is 0 Å². The SMILES string of the molecule is CCCCCCCCCCCCNCC(O)c1ccsc1. The summed E-state index contributed by atoms with van der Waals surface area (Å²) in [6.07, 6.45) is 13.4. The minimum atomic E-state index is -0.348. The summed E-state index contributed by atoms with van der Waals surface area (Å²) < 4.78 is 0. The number of unbranched alkanes of at least 4 members (excludes halogenated alkanes) is 9. The molecule has 1 aromatic rings. The number of aliphatic hydroxyl groups is 1. The van der Waals surface area contributed by atoms with Crippen LogP contribution in [0.25, 0.3) is 0 Å². The molecule has 0 amide bonds. The zero-order valence-corrected chi connectivity index (χ0v) is 14.5. The van der Waals surface area contributed by atoms with Crippen molar-refractivity contribution < 1.29 is 5.11 Å². The Morgan fingerprint density at radius 3 is 2.19 bits per heavy atom. The van der Waals surface area contributed by atoms with Crippen molar-refractivity contribution >= 4 is 11.3 Å². The number of hydrogen-bond acceptors (Lipinski definition) is 3. The Kier molecular flexibility index (Phi) is 11.8. The van der Waals surface area contributed by atoms with E-state index in [2.05, 4.69) is 12.2 Å². The zero-order valence-electron chi connectivity index (χ0n) is 13.7. The van der Waals surface area contributed by atoms with Crippen LogP contribution in [-0.4, -0.2) is 18.2 Å². The lowest BCUT2D eigenvalue weighted by Gasteiger charge is -2.10.